The van der Waals surface area contributed by atoms with E-state index in [-0.39, 0.29) is 0 Å². The average Bonchev–Trinajstić information content (AvgIpc) is 2.67. The van der Waals surface area contributed by atoms with Gasteiger partial charge in [-0.05, 0) is 51.6 Å². The van der Waals surface area contributed by atoms with Crippen LogP contribution in [0.25, 0.3) is 0 Å². The van der Waals surface area contributed by atoms with Crippen LogP contribution < -0.4 is 5.32 Å². The Bertz CT molecular complexity index is 383. The van der Waals surface area contributed by atoms with E-state index < -0.39 is 9.84 Å². The molecule has 0 amide bonds. The number of hydrogen-bond donors (Lipinski definition) is 1. The molecule has 112 valence electrons. The number of rotatable bonds is 3. The molecule has 1 N–H and O–H groups in total. The smallest absolute Gasteiger partial charge is 0.150 e. The molecular weight excluding hydrogens is 260 g/mol. The number of nitrogens with zero attached hydrogens (tertiary/aromatic N) is 1. The topological polar surface area (TPSA) is 49.4 Å². The molecule has 19 heavy (non-hydrogen) atoms. The van der Waals surface area contributed by atoms with Gasteiger partial charge in [-0.15, -0.1) is 0 Å². The molecule has 0 aromatic heterocycles. The summed E-state index contributed by atoms with van der Waals surface area (Å²) in [5, 5.41) is 3.67. The Balaban J connectivity index is 1.85. The molecule has 2 aliphatic heterocycles. The molecule has 4 nitrogen and oxygen atoms in total. The molecule has 2 rings (SSSR count). The van der Waals surface area contributed by atoms with E-state index in [0.29, 0.717) is 29.5 Å². The van der Waals surface area contributed by atoms with Crippen molar-refractivity contribution in [3.8, 4) is 0 Å². The van der Waals surface area contributed by atoms with E-state index in [1.165, 1.54) is 12.8 Å². The van der Waals surface area contributed by atoms with Gasteiger partial charge in [-0.2, -0.15) is 0 Å². The van der Waals surface area contributed by atoms with Crippen molar-refractivity contribution in [3.63, 3.8) is 0 Å². The van der Waals surface area contributed by atoms with Gasteiger partial charge in [0.1, 0.15) is 0 Å². The molecule has 0 spiro atoms. The Kier molecular flexibility index (Phi) is 5.26. The lowest BCUT2D eigenvalue weighted by atomic mass is 10.0. The Morgan fingerprint density at radius 1 is 1.21 bits per heavy atom. The van der Waals surface area contributed by atoms with Gasteiger partial charge in [0.15, 0.2) is 9.84 Å². The second-order valence-corrected chi connectivity index (χ2v) is 8.55. The first-order valence-electron chi connectivity index (χ1n) is 7.67. The molecule has 0 aromatic carbocycles. The van der Waals surface area contributed by atoms with Crippen LogP contribution >= 0.6 is 0 Å². The van der Waals surface area contributed by atoms with E-state index >= 15 is 0 Å². The van der Waals surface area contributed by atoms with Gasteiger partial charge in [0, 0.05) is 18.6 Å². The molecule has 2 aliphatic rings. The van der Waals surface area contributed by atoms with Crippen LogP contribution in [0.4, 0.5) is 0 Å². The van der Waals surface area contributed by atoms with Crippen molar-refractivity contribution < 1.29 is 8.42 Å². The Labute approximate surface area is 117 Å². The molecule has 0 saturated carbocycles. The van der Waals surface area contributed by atoms with Gasteiger partial charge in [0.2, 0.25) is 0 Å². The third kappa shape index (κ3) is 4.72. The minimum atomic E-state index is -2.73. The number of nitrogens with one attached hydrogen (secondary N) is 1. The van der Waals surface area contributed by atoms with Crippen molar-refractivity contribution in [2.75, 3.05) is 31.1 Å². The number of hydrogen-bond acceptors (Lipinski definition) is 4. The molecule has 3 unspecified atom stereocenters. The third-order valence-electron chi connectivity index (χ3n) is 4.53. The van der Waals surface area contributed by atoms with Gasteiger partial charge in [-0.25, -0.2) is 8.42 Å². The molecule has 0 radical (unpaired) electrons. The second kappa shape index (κ2) is 6.55. The van der Waals surface area contributed by atoms with E-state index in [2.05, 4.69) is 24.1 Å². The van der Waals surface area contributed by atoms with Crippen molar-refractivity contribution in [1.29, 1.82) is 0 Å². The summed E-state index contributed by atoms with van der Waals surface area (Å²) in [5.74, 6) is 1.18. The second-order valence-electron chi connectivity index (χ2n) is 6.32. The summed E-state index contributed by atoms with van der Waals surface area (Å²) in [7, 11) is -2.73. The van der Waals surface area contributed by atoms with Crippen molar-refractivity contribution in [1.82, 2.24) is 10.2 Å². The maximum Gasteiger partial charge on any atom is 0.150 e. The van der Waals surface area contributed by atoms with E-state index in [0.717, 1.165) is 32.5 Å². The van der Waals surface area contributed by atoms with Crippen molar-refractivity contribution in [2.45, 2.75) is 51.6 Å². The van der Waals surface area contributed by atoms with Crippen molar-refractivity contribution >= 4 is 9.84 Å². The average molecular weight is 288 g/mol. The van der Waals surface area contributed by atoms with Crippen LogP contribution in [0.5, 0.6) is 0 Å². The molecule has 0 aromatic rings. The van der Waals surface area contributed by atoms with Gasteiger partial charge in [0.25, 0.3) is 0 Å². The van der Waals surface area contributed by atoms with E-state index in [1.807, 2.05) is 0 Å². The van der Waals surface area contributed by atoms with Crippen LogP contribution in [0.1, 0.15) is 39.5 Å². The highest BCUT2D eigenvalue weighted by atomic mass is 32.2. The van der Waals surface area contributed by atoms with Gasteiger partial charge < -0.3 is 10.2 Å². The Morgan fingerprint density at radius 2 is 1.95 bits per heavy atom. The predicted octanol–water partition coefficient (Wildman–Crippen LogP) is 1.27. The molecule has 0 bridgehead atoms. The predicted molar refractivity (Wildman–Crippen MR) is 79.1 cm³/mol. The zero-order valence-electron chi connectivity index (χ0n) is 12.3. The summed E-state index contributed by atoms with van der Waals surface area (Å²) in [4.78, 5) is 2.49. The molecule has 3 atom stereocenters. The van der Waals surface area contributed by atoms with E-state index in [9.17, 15) is 8.42 Å². The third-order valence-corrected chi connectivity index (χ3v) is 6.37. The lowest BCUT2D eigenvalue weighted by Gasteiger charge is -2.33. The monoisotopic (exact) mass is 288 g/mol. The van der Waals surface area contributed by atoms with Crippen LogP contribution in [-0.2, 0) is 9.84 Å². The van der Waals surface area contributed by atoms with Crippen LogP contribution in [-0.4, -0.2) is 56.5 Å². The van der Waals surface area contributed by atoms with Crippen LogP contribution in [0.15, 0.2) is 0 Å². The van der Waals surface area contributed by atoms with Gasteiger partial charge in [-0.3, -0.25) is 0 Å². The lowest BCUT2D eigenvalue weighted by molar-refractivity contribution is 0.192. The maximum absolute atomic E-state index is 11.5. The first kappa shape index (κ1) is 15.3. The minimum absolute atomic E-state index is 0.368. The standard InChI is InChI=1S/C14H28N2O2S/c1-3-14-5-8-16(7-4-12(2)15-14)10-13-6-9-19(17,18)11-13/h12-15H,3-11H2,1-2H3. The van der Waals surface area contributed by atoms with E-state index in [4.69, 9.17) is 0 Å². The first-order valence-corrected chi connectivity index (χ1v) is 9.49. The van der Waals surface area contributed by atoms with Crippen LogP contribution in [0.2, 0.25) is 0 Å². The summed E-state index contributed by atoms with van der Waals surface area (Å²) >= 11 is 0. The highest BCUT2D eigenvalue weighted by Crippen LogP contribution is 2.20. The molecule has 5 heteroatoms. The zero-order valence-corrected chi connectivity index (χ0v) is 13.1. The first-order chi connectivity index (χ1) is 8.98. The van der Waals surface area contributed by atoms with Crippen molar-refractivity contribution in [2.24, 2.45) is 5.92 Å². The summed E-state index contributed by atoms with van der Waals surface area (Å²) in [5.41, 5.74) is 0. The van der Waals surface area contributed by atoms with Crippen LogP contribution in [0, 0.1) is 5.92 Å². The summed E-state index contributed by atoms with van der Waals surface area (Å²) in [6.07, 6.45) is 4.39. The Morgan fingerprint density at radius 3 is 2.58 bits per heavy atom. The zero-order chi connectivity index (χ0) is 13.9. The largest absolute Gasteiger partial charge is 0.311 e. The van der Waals surface area contributed by atoms with Gasteiger partial charge in [-0.1, -0.05) is 6.92 Å². The quantitative estimate of drug-likeness (QED) is 0.850. The van der Waals surface area contributed by atoms with Crippen molar-refractivity contribution in [3.05, 3.63) is 0 Å². The molecule has 0 aliphatic carbocycles. The molecule has 2 heterocycles. The van der Waals surface area contributed by atoms with Gasteiger partial charge >= 0.3 is 0 Å². The fourth-order valence-electron chi connectivity index (χ4n) is 3.28. The SMILES string of the molecule is CCC1CCN(CC2CCS(=O)(=O)C2)CCC(C)N1. The minimum Gasteiger partial charge on any atom is -0.311 e. The fourth-order valence-corrected chi connectivity index (χ4v) is 5.13. The summed E-state index contributed by atoms with van der Waals surface area (Å²) < 4.78 is 23.1. The fraction of sp³-hybridized carbons (Fsp3) is 1.00. The Hall–Kier alpha value is -0.130. The maximum atomic E-state index is 11.5. The van der Waals surface area contributed by atoms with Crippen LogP contribution in [0.3, 0.4) is 0 Å². The lowest BCUT2D eigenvalue weighted by Crippen LogP contribution is -2.45. The summed E-state index contributed by atoms with van der Waals surface area (Å²) in [6, 6.07) is 1.19. The highest BCUT2D eigenvalue weighted by molar-refractivity contribution is 7.91. The number of sulfone groups is 1. The van der Waals surface area contributed by atoms with Gasteiger partial charge in [0.05, 0.1) is 11.5 Å². The summed E-state index contributed by atoms with van der Waals surface area (Å²) in [6.45, 7) is 7.67. The molecule has 2 fully saturated rings. The molecular formula is C14H28N2O2S. The van der Waals surface area contributed by atoms with E-state index in [1.54, 1.807) is 0 Å². The highest BCUT2D eigenvalue weighted by Gasteiger charge is 2.29. The molecule has 2 saturated heterocycles. The normalized spacial score (nSPS) is 36.8.